The molecule has 1 N–H and O–H groups in total. The van der Waals surface area contributed by atoms with Gasteiger partial charge in [0.1, 0.15) is 10.7 Å². The highest BCUT2D eigenvalue weighted by Crippen LogP contribution is 2.53. The van der Waals surface area contributed by atoms with E-state index in [2.05, 4.69) is 25.2 Å². The zero-order valence-electron chi connectivity index (χ0n) is 17.0. The third-order valence-corrected chi connectivity index (χ3v) is 7.10. The molecule has 4 nitrogen and oxygen atoms in total. The van der Waals surface area contributed by atoms with Gasteiger partial charge in [0.05, 0.1) is 17.5 Å². The van der Waals surface area contributed by atoms with Crippen LogP contribution in [-0.4, -0.2) is 18.4 Å². The van der Waals surface area contributed by atoms with Gasteiger partial charge in [-0.3, -0.25) is 4.79 Å². The molecule has 1 aromatic carbocycles. The first-order valence-corrected chi connectivity index (χ1v) is 11.0. The maximum absolute atomic E-state index is 13.3. The molecule has 29 heavy (non-hydrogen) atoms. The summed E-state index contributed by atoms with van der Waals surface area (Å²) < 4.78 is 5.26. The van der Waals surface area contributed by atoms with Gasteiger partial charge >= 0.3 is 5.97 Å². The SMILES string of the molecule is CCOC(=O)c1sc2c(c1C)[C@@H](c1ccc(Cl)cc1)[C@H]1C(=O)CC(C)(C)C=C1N2. The van der Waals surface area contributed by atoms with Crippen molar-refractivity contribution in [3.63, 3.8) is 0 Å². The highest BCUT2D eigenvalue weighted by molar-refractivity contribution is 7.18. The Hall–Kier alpha value is -2.11. The second kappa shape index (κ2) is 7.29. The van der Waals surface area contributed by atoms with Crippen molar-refractivity contribution in [3.8, 4) is 0 Å². The normalized spacial score (nSPS) is 22.2. The highest BCUT2D eigenvalue weighted by atomic mass is 35.5. The largest absolute Gasteiger partial charge is 0.462 e. The van der Waals surface area contributed by atoms with Crippen LogP contribution in [0, 0.1) is 18.3 Å². The van der Waals surface area contributed by atoms with E-state index in [-0.39, 0.29) is 29.0 Å². The molecular weight excluding hydrogens is 406 g/mol. The van der Waals surface area contributed by atoms with E-state index in [4.69, 9.17) is 16.3 Å². The number of esters is 1. The number of rotatable bonds is 3. The predicted molar refractivity (Wildman–Crippen MR) is 117 cm³/mol. The monoisotopic (exact) mass is 429 g/mol. The topological polar surface area (TPSA) is 55.4 Å². The minimum absolute atomic E-state index is 0.155. The third-order valence-electron chi connectivity index (χ3n) is 5.64. The molecule has 0 spiro atoms. The van der Waals surface area contributed by atoms with Crippen LogP contribution < -0.4 is 5.32 Å². The predicted octanol–water partition coefficient (Wildman–Crippen LogP) is 5.94. The molecule has 1 aromatic heterocycles. The standard InChI is InChI=1S/C23H24ClNO3S/c1-5-28-22(27)20-12(2)17-18(13-6-8-14(24)9-7-13)19-15(25-21(17)29-20)10-23(3,4)11-16(19)26/h6-10,18-19,25H,5,11H2,1-4H3/t18-,19-/m1/s1. The van der Waals surface area contributed by atoms with Crippen LogP contribution in [0.1, 0.15) is 59.5 Å². The van der Waals surface area contributed by atoms with Gasteiger partial charge in [-0.2, -0.15) is 0 Å². The number of anilines is 1. The Balaban J connectivity index is 1.93. The fourth-order valence-electron chi connectivity index (χ4n) is 4.49. The van der Waals surface area contributed by atoms with Crippen molar-refractivity contribution in [2.45, 2.75) is 40.0 Å². The molecule has 0 bridgehead atoms. The molecule has 2 heterocycles. The number of benzene rings is 1. The molecule has 0 unspecified atom stereocenters. The lowest BCUT2D eigenvalue weighted by Gasteiger charge is -2.40. The molecule has 0 saturated heterocycles. The molecule has 2 atom stereocenters. The summed E-state index contributed by atoms with van der Waals surface area (Å²) in [6.07, 6.45) is 2.67. The van der Waals surface area contributed by atoms with Crippen LogP contribution in [-0.2, 0) is 9.53 Å². The van der Waals surface area contributed by atoms with Crippen molar-refractivity contribution in [1.29, 1.82) is 0 Å². The van der Waals surface area contributed by atoms with Gasteiger partial charge in [-0.05, 0) is 48.1 Å². The van der Waals surface area contributed by atoms with E-state index in [1.807, 2.05) is 31.2 Å². The van der Waals surface area contributed by atoms with Gasteiger partial charge in [0.25, 0.3) is 0 Å². The Kier molecular flexibility index (Phi) is 5.07. The lowest BCUT2D eigenvalue weighted by molar-refractivity contribution is -0.124. The molecule has 2 aromatic rings. The number of ketones is 1. The Morgan fingerprint density at radius 3 is 2.62 bits per heavy atom. The number of nitrogens with one attached hydrogen (secondary N) is 1. The van der Waals surface area contributed by atoms with Crippen molar-refractivity contribution in [3.05, 3.63) is 62.6 Å². The van der Waals surface area contributed by atoms with Crippen molar-refractivity contribution in [1.82, 2.24) is 0 Å². The number of hydrogen-bond acceptors (Lipinski definition) is 5. The van der Waals surface area contributed by atoms with Gasteiger partial charge in [-0.25, -0.2) is 4.79 Å². The Bertz CT molecular complexity index is 1020. The van der Waals surface area contributed by atoms with Gasteiger partial charge in [-0.15, -0.1) is 11.3 Å². The van der Waals surface area contributed by atoms with E-state index >= 15 is 0 Å². The summed E-state index contributed by atoms with van der Waals surface area (Å²) in [6.45, 7) is 8.22. The van der Waals surface area contributed by atoms with E-state index in [0.29, 0.717) is 22.9 Å². The van der Waals surface area contributed by atoms with E-state index in [1.54, 1.807) is 6.92 Å². The number of carbonyl (C=O) groups is 2. The molecule has 152 valence electrons. The summed E-state index contributed by atoms with van der Waals surface area (Å²) in [5.41, 5.74) is 3.64. The van der Waals surface area contributed by atoms with Crippen molar-refractivity contribution in [2.75, 3.05) is 11.9 Å². The van der Waals surface area contributed by atoms with E-state index in [0.717, 1.165) is 27.4 Å². The third kappa shape index (κ3) is 3.51. The summed E-state index contributed by atoms with van der Waals surface area (Å²) in [6, 6.07) is 7.67. The number of ether oxygens (including phenoxy) is 1. The van der Waals surface area contributed by atoms with Crippen LogP contribution in [0.5, 0.6) is 0 Å². The van der Waals surface area contributed by atoms with Gasteiger partial charge < -0.3 is 10.1 Å². The van der Waals surface area contributed by atoms with Crippen molar-refractivity contribution in [2.24, 2.45) is 11.3 Å². The van der Waals surface area contributed by atoms with E-state index in [9.17, 15) is 9.59 Å². The smallest absolute Gasteiger partial charge is 0.348 e. The number of carbonyl (C=O) groups excluding carboxylic acids is 2. The summed E-state index contributed by atoms with van der Waals surface area (Å²) in [7, 11) is 0. The Labute approximate surface area is 179 Å². The van der Waals surface area contributed by atoms with Gasteiger partial charge in [0, 0.05) is 23.1 Å². The maximum atomic E-state index is 13.3. The number of allylic oxidation sites excluding steroid dienone is 2. The molecule has 4 rings (SSSR count). The van der Waals surface area contributed by atoms with Gasteiger partial charge in [0.2, 0.25) is 0 Å². The molecule has 0 radical (unpaired) electrons. The molecule has 0 fully saturated rings. The van der Waals surface area contributed by atoms with Crippen LogP contribution in [0.3, 0.4) is 0 Å². The molecular formula is C23H24ClNO3S. The first-order chi connectivity index (χ1) is 13.7. The number of thiophene rings is 1. The van der Waals surface area contributed by atoms with Crippen molar-refractivity contribution < 1.29 is 14.3 Å². The van der Waals surface area contributed by atoms with Crippen LogP contribution in [0.2, 0.25) is 5.02 Å². The van der Waals surface area contributed by atoms with Crippen LogP contribution in [0.4, 0.5) is 5.00 Å². The van der Waals surface area contributed by atoms with Crippen molar-refractivity contribution >= 4 is 39.7 Å². The molecule has 6 heteroatoms. The molecule has 2 aliphatic rings. The second-order valence-corrected chi connectivity index (χ2v) is 9.84. The van der Waals surface area contributed by atoms with Crippen LogP contribution in [0.15, 0.2) is 36.0 Å². The molecule has 1 aliphatic carbocycles. The minimum atomic E-state index is -0.315. The van der Waals surface area contributed by atoms with Gasteiger partial charge in [0.15, 0.2) is 0 Å². The average Bonchev–Trinajstić information content (AvgIpc) is 2.96. The fourth-order valence-corrected chi connectivity index (χ4v) is 5.78. The number of Topliss-reactive ketones (excluding diaryl/α,β-unsaturated/α-hetero) is 1. The summed E-state index contributed by atoms with van der Waals surface area (Å²) >= 11 is 7.52. The molecule has 1 aliphatic heterocycles. The van der Waals surface area contributed by atoms with Crippen LogP contribution in [0.25, 0.3) is 0 Å². The lowest BCUT2D eigenvalue weighted by Crippen LogP contribution is -2.38. The second-order valence-electron chi connectivity index (χ2n) is 8.38. The summed E-state index contributed by atoms with van der Waals surface area (Å²) in [4.78, 5) is 26.4. The average molecular weight is 430 g/mol. The zero-order chi connectivity index (χ0) is 20.9. The lowest BCUT2D eigenvalue weighted by atomic mass is 9.67. The molecule has 0 amide bonds. The minimum Gasteiger partial charge on any atom is -0.462 e. The summed E-state index contributed by atoms with van der Waals surface area (Å²) in [5, 5.41) is 5.05. The van der Waals surface area contributed by atoms with E-state index < -0.39 is 0 Å². The number of hydrogen-bond donors (Lipinski definition) is 1. The van der Waals surface area contributed by atoms with Gasteiger partial charge in [-0.1, -0.05) is 43.7 Å². The Morgan fingerprint density at radius 2 is 1.97 bits per heavy atom. The fraction of sp³-hybridized carbons (Fsp3) is 0.391. The summed E-state index contributed by atoms with van der Waals surface area (Å²) in [5.74, 6) is -0.545. The first kappa shape index (κ1) is 20.2. The van der Waals surface area contributed by atoms with E-state index in [1.165, 1.54) is 11.3 Å². The number of halogens is 1. The first-order valence-electron chi connectivity index (χ1n) is 9.80. The maximum Gasteiger partial charge on any atom is 0.348 e. The number of fused-ring (bicyclic) bond motifs is 2. The van der Waals surface area contributed by atoms with Crippen LogP contribution >= 0.6 is 22.9 Å². The Morgan fingerprint density at radius 1 is 1.28 bits per heavy atom. The highest BCUT2D eigenvalue weighted by Gasteiger charge is 2.45. The zero-order valence-corrected chi connectivity index (χ0v) is 18.5. The quantitative estimate of drug-likeness (QED) is 0.613. The molecule has 0 saturated carbocycles.